The fraction of sp³-hybridized carbons (Fsp3) is 0.647. The topological polar surface area (TPSA) is 18.5 Å². The van der Waals surface area contributed by atoms with Crippen molar-refractivity contribution in [1.82, 2.24) is 0 Å². The monoisotopic (exact) mass is 256 g/mol. The lowest BCUT2D eigenvalue weighted by atomic mass is 9.49. The van der Waals surface area contributed by atoms with Crippen LogP contribution in [0, 0.1) is 23.2 Å². The third kappa shape index (κ3) is 1.43. The van der Waals surface area contributed by atoms with E-state index in [-0.39, 0.29) is 6.29 Å². The number of benzene rings is 1. The molecule has 0 N–H and O–H groups in total. The molecule has 1 aromatic rings. The number of ether oxygens (including phenoxy) is 2. The van der Waals surface area contributed by atoms with Gasteiger partial charge in [0.15, 0.2) is 11.5 Å². The molecule has 0 spiro atoms. The molecular formula is C17H20O2. The summed E-state index contributed by atoms with van der Waals surface area (Å²) >= 11 is 0. The molecule has 2 heteroatoms. The molecule has 0 atom stereocenters. The Morgan fingerprint density at radius 2 is 1.26 bits per heavy atom. The Balaban J connectivity index is 1.48. The van der Waals surface area contributed by atoms with E-state index in [2.05, 4.69) is 0 Å². The summed E-state index contributed by atoms with van der Waals surface area (Å²) in [5, 5.41) is 0. The minimum Gasteiger partial charge on any atom is -0.450 e. The number of hydrogen-bond donors (Lipinski definition) is 0. The first-order valence-corrected chi connectivity index (χ1v) is 7.73. The second-order valence-electron chi connectivity index (χ2n) is 7.29. The Hall–Kier alpha value is -1.18. The van der Waals surface area contributed by atoms with Gasteiger partial charge in [0.2, 0.25) is 6.29 Å². The van der Waals surface area contributed by atoms with Crippen molar-refractivity contribution in [1.29, 1.82) is 0 Å². The summed E-state index contributed by atoms with van der Waals surface area (Å²) in [5.41, 5.74) is 0.313. The summed E-state index contributed by atoms with van der Waals surface area (Å²) in [6.07, 6.45) is 8.39. The molecule has 4 saturated carbocycles. The maximum atomic E-state index is 6.17. The normalized spacial score (nSPS) is 42.8. The highest BCUT2D eigenvalue weighted by atomic mass is 16.7. The third-order valence-corrected chi connectivity index (χ3v) is 5.90. The smallest absolute Gasteiger partial charge is 0.247 e. The van der Waals surface area contributed by atoms with Crippen LogP contribution in [0.1, 0.15) is 38.5 Å². The molecule has 4 fully saturated rings. The summed E-state index contributed by atoms with van der Waals surface area (Å²) in [6, 6.07) is 8.14. The number of hydrogen-bond acceptors (Lipinski definition) is 2. The Morgan fingerprint density at radius 1 is 0.789 bits per heavy atom. The van der Waals surface area contributed by atoms with Gasteiger partial charge in [0.05, 0.1) is 0 Å². The van der Waals surface area contributed by atoms with E-state index in [9.17, 15) is 0 Å². The van der Waals surface area contributed by atoms with Gasteiger partial charge in [0.25, 0.3) is 0 Å². The lowest BCUT2D eigenvalue weighted by Crippen LogP contribution is -2.54. The van der Waals surface area contributed by atoms with Crippen LogP contribution in [0.5, 0.6) is 11.5 Å². The molecule has 4 aliphatic carbocycles. The molecule has 19 heavy (non-hydrogen) atoms. The summed E-state index contributed by atoms with van der Waals surface area (Å²) in [7, 11) is 0. The highest BCUT2D eigenvalue weighted by Gasteiger charge is 2.57. The molecule has 100 valence electrons. The fourth-order valence-electron chi connectivity index (χ4n) is 5.62. The van der Waals surface area contributed by atoms with Crippen LogP contribution in [0.3, 0.4) is 0 Å². The van der Waals surface area contributed by atoms with E-state index in [0.717, 1.165) is 29.3 Å². The molecule has 5 aliphatic rings. The van der Waals surface area contributed by atoms with Gasteiger partial charge in [-0.15, -0.1) is 0 Å². The summed E-state index contributed by atoms with van der Waals surface area (Å²) < 4.78 is 12.3. The maximum absolute atomic E-state index is 6.17. The molecule has 1 aliphatic heterocycles. The van der Waals surface area contributed by atoms with Crippen LogP contribution >= 0.6 is 0 Å². The molecule has 0 aromatic heterocycles. The van der Waals surface area contributed by atoms with Gasteiger partial charge in [0, 0.05) is 5.41 Å². The van der Waals surface area contributed by atoms with E-state index in [0.29, 0.717) is 5.41 Å². The van der Waals surface area contributed by atoms with E-state index >= 15 is 0 Å². The minimum absolute atomic E-state index is 0.0155. The number of rotatable bonds is 1. The van der Waals surface area contributed by atoms with Gasteiger partial charge >= 0.3 is 0 Å². The fourth-order valence-corrected chi connectivity index (χ4v) is 5.62. The van der Waals surface area contributed by atoms with Crippen LogP contribution in [0.25, 0.3) is 0 Å². The zero-order valence-electron chi connectivity index (χ0n) is 11.2. The Labute approximate surface area is 114 Å². The van der Waals surface area contributed by atoms with Crippen molar-refractivity contribution in [3.63, 3.8) is 0 Å². The predicted octanol–water partition coefficient (Wildman–Crippen LogP) is 4.00. The molecule has 4 bridgehead atoms. The van der Waals surface area contributed by atoms with Crippen molar-refractivity contribution >= 4 is 0 Å². The third-order valence-electron chi connectivity index (χ3n) is 5.90. The zero-order chi connectivity index (χ0) is 12.4. The van der Waals surface area contributed by atoms with Gasteiger partial charge in [-0.3, -0.25) is 0 Å². The van der Waals surface area contributed by atoms with Crippen molar-refractivity contribution in [2.75, 3.05) is 0 Å². The van der Waals surface area contributed by atoms with Crippen LogP contribution < -0.4 is 9.47 Å². The highest BCUT2D eigenvalue weighted by Crippen LogP contribution is 2.62. The molecule has 0 radical (unpaired) electrons. The van der Waals surface area contributed by atoms with Crippen molar-refractivity contribution in [2.45, 2.75) is 44.8 Å². The van der Waals surface area contributed by atoms with Gasteiger partial charge < -0.3 is 9.47 Å². The maximum Gasteiger partial charge on any atom is 0.247 e. The van der Waals surface area contributed by atoms with E-state index in [1.54, 1.807) is 0 Å². The number of para-hydroxylation sites is 2. The minimum atomic E-state index is -0.0155. The molecular weight excluding hydrogens is 236 g/mol. The first-order valence-electron chi connectivity index (χ1n) is 7.73. The first kappa shape index (κ1) is 10.6. The molecule has 0 unspecified atom stereocenters. The van der Waals surface area contributed by atoms with Crippen molar-refractivity contribution in [3.8, 4) is 11.5 Å². The van der Waals surface area contributed by atoms with Crippen molar-refractivity contribution in [3.05, 3.63) is 24.3 Å². The van der Waals surface area contributed by atoms with Crippen molar-refractivity contribution in [2.24, 2.45) is 23.2 Å². The van der Waals surface area contributed by atoms with Crippen molar-refractivity contribution < 1.29 is 9.47 Å². The van der Waals surface area contributed by atoms with Crippen LogP contribution in [-0.4, -0.2) is 6.29 Å². The van der Waals surface area contributed by atoms with Gasteiger partial charge in [-0.2, -0.15) is 0 Å². The average Bonchev–Trinajstić information content (AvgIpc) is 2.81. The molecule has 1 aromatic carbocycles. The van der Waals surface area contributed by atoms with E-state index in [4.69, 9.17) is 9.47 Å². The summed E-state index contributed by atoms with van der Waals surface area (Å²) in [4.78, 5) is 0. The quantitative estimate of drug-likeness (QED) is 0.756. The van der Waals surface area contributed by atoms with E-state index in [1.165, 1.54) is 38.5 Å². The van der Waals surface area contributed by atoms with Crippen LogP contribution in [0.15, 0.2) is 24.3 Å². The summed E-state index contributed by atoms with van der Waals surface area (Å²) in [5.74, 6) is 4.73. The average molecular weight is 256 g/mol. The van der Waals surface area contributed by atoms with Gasteiger partial charge in [-0.1, -0.05) is 12.1 Å². The lowest BCUT2D eigenvalue weighted by molar-refractivity contribution is -0.163. The van der Waals surface area contributed by atoms with Crippen LogP contribution in [-0.2, 0) is 0 Å². The Morgan fingerprint density at radius 3 is 1.74 bits per heavy atom. The van der Waals surface area contributed by atoms with E-state index < -0.39 is 0 Å². The van der Waals surface area contributed by atoms with E-state index in [1.807, 2.05) is 24.3 Å². The Kier molecular flexibility index (Phi) is 1.93. The predicted molar refractivity (Wildman–Crippen MR) is 72.1 cm³/mol. The Bertz CT molecular complexity index is 461. The van der Waals surface area contributed by atoms with Gasteiger partial charge in [-0.25, -0.2) is 0 Å². The van der Waals surface area contributed by atoms with Crippen LogP contribution in [0.2, 0.25) is 0 Å². The molecule has 2 nitrogen and oxygen atoms in total. The zero-order valence-corrected chi connectivity index (χ0v) is 11.2. The highest BCUT2D eigenvalue weighted by molar-refractivity contribution is 5.42. The molecule has 1 heterocycles. The second kappa shape index (κ2) is 3.47. The standard InChI is InChI=1S/C17H20O2/c1-2-4-15-14(3-1)18-16(19-15)17-8-11-5-12(9-17)7-13(6-11)10-17/h1-4,11-13,16H,5-10H2. The van der Waals surface area contributed by atoms with Gasteiger partial charge in [0.1, 0.15) is 0 Å². The lowest BCUT2D eigenvalue weighted by Gasteiger charge is -2.57. The first-order chi connectivity index (χ1) is 9.31. The molecule has 0 amide bonds. The largest absolute Gasteiger partial charge is 0.450 e. The number of fused-ring (bicyclic) bond motifs is 1. The SMILES string of the molecule is c1ccc2c(c1)OC(C13CC4CC(CC(C4)C1)C3)O2. The molecule has 0 saturated heterocycles. The summed E-state index contributed by atoms with van der Waals surface area (Å²) in [6.45, 7) is 0. The van der Waals surface area contributed by atoms with Crippen LogP contribution in [0.4, 0.5) is 0 Å². The molecule has 6 rings (SSSR count). The van der Waals surface area contributed by atoms with Gasteiger partial charge in [-0.05, 0) is 68.4 Å². The second-order valence-corrected chi connectivity index (χ2v) is 7.29.